The summed E-state index contributed by atoms with van der Waals surface area (Å²) in [5.74, 6) is 0.296. The summed E-state index contributed by atoms with van der Waals surface area (Å²) in [5.41, 5.74) is 2.96. The zero-order valence-corrected chi connectivity index (χ0v) is 14.5. The number of likely N-dealkylation sites (tertiary alicyclic amines) is 1. The van der Waals surface area contributed by atoms with E-state index in [0.717, 1.165) is 11.1 Å². The lowest BCUT2D eigenvalue weighted by Gasteiger charge is -2.38. The van der Waals surface area contributed by atoms with E-state index in [4.69, 9.17) is 4.42 Å². The third-order valence-corrected chi connectivity index (χ3v) is 6.33. The highest BCUT2D eigenvalue weighted by Gasteiger charge is 2.40. The molecule has 2 aromatic rings. The van der Waals surface area contributed by atoms with Gasteiger partial charge in [0.05, 0.1) is 11.5 Å². The summed E-state index contributed by atoms with van der Waals surface area (Å²) in [5, 5.41) is 2.27. The molecule has 0 aliphatic carbocycles. The summed E-state index contributed by atoms with van der Waals surface area (Å²) < 4.78 is 29.6. The Labute approximate surface area is 141 Å². The summed E-state index contributed by atoms with van der Waals surface area (Å²) in [6.45, 7) is 4.40. The minimum atomic E-state index is -3.31. The molecule has 128 valence electrons. The van der Waals surface area contributed by atoms with Gasteiger partial charge in [0.25, 0.3) is 0 Å². The van der Waals surface area contributed by atoms with E-state index in [0.29, 0.717) is 11.4 Å². The van der Waals surface area contributed by atoms with Crippen LogP contribution in [-0.4, -0.2) is 37.7 Å². The molecule has 2 heterocycles. The number of benzene rings is 1. The summed E-state index contributed by atoms with van der Waals surface area (Å²) in [6.07, 6.45) is 1.45. The molecule has 1 aromatic heterocycles. The number of urea groups is 1. The van der Waals surface area contributed by atoms with Crippen LogP contribution < -0.4 is 5.32 Å². The molecule has 0 unspecified atom stereocenters. The largest absolute Gasteiger partial charge is 0.468 e. The summed E-state index contributed by atoms with van der Waals surface area (Å²) >= 11 is 0. The fourth-order valence-corrected chi connectivity index (χ4v) is 4.17. The highest BCUT2D eigenvalue weighted by molar-refractivity contribution is 7.91. The smallest absolute Gasteiger partial charge is 0.321 e. The van der Waals surface area contributed by atoms with Gasteiger partial charge < -0.3 is 14.6 Å². The average molecular weight is 348 g/mol. The SMILES string of the molecule is Cc1ccc(NC(=O)N2CC(S(=O)(=O)Cc3ccco3)C2)cc1C. The van der Waals surface area contributed by atoms with Gasteiger partial charge in [-0.15, -0.1) is 0 Å². The maximum absolute atomic E-state index is 12.3. The topological polar surface area (TPSA) is 79.6 Å². The van der Waals surface area contributed by atoms with Crippen molar-refractivity contribution in [2.24, 2.45) is 0 Å². The second kappa shape index (κ2) is 6.32. The Morgan fingerprint density at radius 2 is 2.00 bits per heavy atom. The van der Waals surface area contributed by atoms with Crippen LogP contribution in [-0.2, 0) is 15.6 Å². The molecule has 6 nitrogen and oxygen atoms in total. The van der Waals surface area contributed by atoms with Crippen molar-refractivity contribution in [3.8, 4) is 0 Å². The van der Waals surface area contributed by atoms with E-state index in [2.05, 4.69) is 5.32 Å². The Kier molecular flexibility index (Phi) is 4.36. The van der Waals surface area contributed by atoms with Gasteiger partial charge in [-0.05, 0) is 49.2 Å². The molecule has 0 spiro atoms. The maximum atomic E-state index is 12.3. The van der Waals surface area contributed by atoms with Gasteiger partial charge in [-0.1, -0.05) is 6.07 Å². The number of carbonyl (C=O) groups excluding carboxylic acids is 1. The molecule has 0 bridgehead atoms. The molecule has 0 atom stereocenters. The van der Waals surface area contributed by atoms with Crippen molar-refractivity contribution in [2.45, 2.75) is 24.9 Å². The number of carbonyl (C=O) groups is 1. The first-order valence-electron chi connectivity index (χ1n) is 7.72. The number of hydrogen-bond acceptors (Lipinski definition) is 4. The van der Waals surface area contributed by atoms with Crippen LogP contribution in [0.25, 0.3) is 0 Å². The van der Waals surface area contributed by atoms with Crippen molar-refractivity contribution in [2.75, 3.05) is 18.4 Å². The first kappa shape index (κ1) is 16.6. The molecule has 1 aromatic carbocycles. The van der Waals surface area contributed by atoms with Crippen LogP contribution in [0.3, 0.4) is 0 Å². The van der Waals surface area contributed by atoms with Gasteiger partial charge >= 0.3 is 6.03 Å². The quantitative estimate of drug-likeness (QED) is 0.921. The minimum absolute atomic E-state index is 0.128. The first-order chi connectivity index (χ1) is 11.3. The number of nitrogens with zero attached hydrogens (tertiary/aromatic N) is 1. The van der Waals surface area contributed by atoms with Crippen LogP contribution in [0.1, 0.15) is 16.9 Å². The molecule has 0 radical (unpaired) electrons. The maximum Gasteiger partial charge on any atom is 0.321 e. The van der Waals surface area contributed by atoms with Crippen molar-refractivity contribution in [1.29, 1.82) is 0 Å². The van der Waals surface area contributed by atoms with Crippen molar-refractivity contribution >= 4 is 21.6 Å². The third kappa shape index (κ3) is 3.46. The minimum Gasteiger partial charge on any atom is -0.468 e. The summed E-state index contributed by atoms with van der Waals surface area (Å²) in [6, 6.07) is 8.71. The Balaban J connectivity index is 1.55. The molecule has 3 rings (SSSR count). The zero-order chi connectivity index (χ0) is 17.3. The third-order valence-electron chi connectivity index (χ3n) is 4.32. The lowest BCUT2D eigenvalue weighted by molar-refractivity contribution is 0.182. The molecule has 24 heavy (non-hydrogen) atoms. The number of sulfone groups is 1. The van der Waals surface area contributed by atoms with E-state index < -0.39 is 15.1 Å². The van der Waals surface area contributed by atoms with Gasteiger partial charge in [0.15, 0.2) is 9.84 Å². The Hall–Kier alpha value is -2.28. The van der Waals surface area contributed by atoms with Crippen LogP contribution in [0.2, 0.25) is 0 Å². The highest BCUT2D eigenvalue weighted by Crippen LogP contribution is 2.22. The van der Waals surface area contributed by atoms with E-state index in [-0.39, 0.29) is 24.9 Å². The van der Waals surface area contributed by atoms with Gasteiger partial charge in [0.2, 0.25) is 0 Å². The second-order valence-corrected chi connectivity index (χ2v) is 8.42. The highest BCUT2D eigenvalue weighted by atomic mass is 32.2. The van der Waals surface area contributed by atoms with Gasteiger partial charge in [-0.2, -0.15) is 0 Å². The number of amides is 2. The van der Waals surface area contributed by atoms with Gasteiger partial charge in [0, 0.05) is 18.8 Å². The van der Waals surface area contributed by atoms with Crippen molar-refractivity contribution in [1.82, 2.24) is 4.90 Å². The van der Waals surface area contributed by atoms with E-state index in [9.17, 15) is 13.2 Å². The van der Waals surface area contributed by atoms with E-state index in [1.165, 1.54) is 11.2 Å². The Bertz CT molecular complexity index is 837. The molecule has 1 fully saturated rings. The lowest BCUT2D eigenvalue weighted by atomic mass is 10.1. The first-order valence-corrected chi connectivity index (χ1v) is 9.44. The molecule has 2 amide bonds. The van der Waals surface area contributed by atoms with Crippen LogP contribution in [0.15, 0.2) is 41.0 Å². The van der Waals surface area contributed by atoms with Crippen molar-refractivity contribution < 1.29 is 17.6 Å². The second-order valence-electron chi connectivity index (χ2n) is 6.14. The molecule has 1 aliphatic heterocycles. The number of hydrogen-bond donors (Lipinski definition) is 1. The number of aryl methyl sites for hydroxylation is 2. The molecular weight excluding hydrogens is 328 g/mol. The summed E-state index contributed by atoms with van der Waals surface area (Å²) in [4.78, 5) is 13.7. The number of nitrogens with one attached hydrogen (secondary N) is 1. The summed E-state index contributed by atoms with van der Waals surface area (Å²) in [7, 11) is -3.31. The Morgan fingerprint density at radius 3 is 2.62 bits per heavy atom. The standard InChI is InChI=1S/C17H20N2O4S/c1-12-5-6-14(8-13(12)2)18-17(20)19-9-16(10-19)24(21,22)11-15-4-3-7-23-15/h3-8,16H,9-11H2,1-2H3,(H,18,20). The molecule has 1 N–H and O–H groups in total. The van der Waals surface area contributed by atoms with E-state index in [1.54, 1.807) is 12.1 Å². The molecule has 0 saturated carbocycles. The predicted octanol–water partition coefficient (Wildman–Crippen LogP) is 2.73. The fraction of sp³-hybridized carbons (Fsp3) is 0.353. The van der Waals surface area contributed by atoms with Crippen LogP contribution in [0, 0.1) is 13.8 Å². The number of rotatable bonds is 4. The zero-order valence-electron chi connectivity index (χ0n) is 13.7. The van der Waals surface area contributed by atoms with Gasteiger partial charge in [0.1, 0.15) is 11.5 Å². The van der Waals surface area contributed by atoms with Crippen molar-refractivity contribution in [3.63, 3.8) is 0 Å². The molecule has 1 aliphatic rings. The van der Waals surface area contributed by atoms with E-state index in [1.807, 2.05) is 32.0 Å². The van der Waals surface area contributed by atoms with Crippen LogP contribution in [0.5, 0.6) is 0 Å². The monoisotopic (exact) mass is 348 g/mol. The molecular formula is C17H20N2O4S. The molecule has 1 saturated heterocycles. The number of furan rings is 1. The van der Waals surface area contributed by atoms with Gasteiger partial charge in [-0.25, -0.2) is 13.2 Å². The van der Waals surface area contributed by atoms with Crippen LogP contribution >= 0.6 is 0 Å². The van der Waals surface area contributed by atoms with E-state index >= 15 is 0 Å². The number of anilines is 1. The normalized spacial score (nSPS) is 15.2. The Morgan fingerprint density at radius 1 is 1.25 bits per heavy atom. The molecule has 7 heteroatoms. The predicted molar refractivity (Wildman–Crippen MR) is 91.6 cm³/mol. The van der Waals surface area contributed by atoms with Crippen molar-refractivity contribution in [3.05, 3.63) is 53.5 Å². The average Bonchev–Trinajstić information content (AvgIpc) is 2.93. The fourth-order valence-electron chi connectivity index (χ4n) is 2.56. The van der Waals surface area contributed by atoms with Crippen LogP contribution in [0.4, 0.5) is 10.5 Å². The lowest BCUT2D eigenvalue weighted by Crippen LogP contribution is -2.58. The van der Waals surface area contributed by atoms with Gasteiger partial charge in [-0.3, -0.25) is 0 Å².